The summed E-state index contributed by atoms with van der Waals surface area (Å²) in [7, 11) is 0. The highest BCUT2D eigenvalue weighted by Gasteiger charge is 1.98. The molecule has 1 rings (SSSR count). The molecule has 2 heteroatoms. The summed E-state index contributed by atoms with van der Waals surface area (Å²) < 4.78 is 0. The first kappa shape index (κ1) is 12.2. The van der Waals surface area contributed by atoms with Crippen molar-refractivity contribution in [2.24, 2.45) is 0 Å². The molecular formula is C13H16OS. The maximum absolute atomic E-state index is 8.72. The molecule has 1 aromatic rings. The first-order chi connectivity index (χ1) is 7.33. The zero-order valence-corrected chi connectivity index (χ0v) is 9.76. The van der Waals surface area contributed by atoms with Crippen LogP contribution in [0.3, 0.4) is 0 Å². The molecule has 0 fully saturated rings. The van der Waals surface area contributed by atoms with Gasteiger partial charge < -0.3 is 5.11 Å². The Balaban J connectivity index is 2.28. The van der Waals surface area contributed by atoms with Crippen LogP contribution in [0.1, 0.15) is 18.9 Å². The van der Waals surface area contributed by atoms with Gasteiger partial charge in [0.25, 0.3) is 0 Å². The van der Waals surface area contributed by atoms with Crippen LogP contribution in [0.4, 0.5) is 0 Å². The first-order valence-corrected chi connectivity index (χ1v) is 6.14. The molecule has 0 aliphatic heterocycles. The van der Waals surface area contributed by atoms with Gasteiger partial charge in [0.05, 0.1) is 5.75 Å². The highest BCUT2D eigenvalue weighted by Crippen LogP contribution is 2.12. The topological polar surface area (TPSA) is 20.2 Å². The fourth-order valence-corrected chi connectivity index (χ4v) is 1.82. The molecule has 0 radical (unpaired) electrons. The molecule has 1 nitrogen and oxygen atoms in total. The first-order valence-electron chi connectivity index (χ1n) is 5.09. The molecule has 0 saturated carbocycles. The Morgan fingerprint density at radius 3 is 2.73 bits per heavy atom. The van der Waals surface area contributed by atoms with Gasteiger partial charge in [-0.3, -0.25) is 0 Å². The second kappa shape index (κ2) is 7.39. The minimum atomic E-state index is 0.264. The van der Waals surface area contributed by atoms with Crippen molar-refractivity contribution in [3.63, 3.8) is 0 Å². The maximum Gasteiger partial charge on any atom is 0.0553 e. The second-order valence-corrected chi connectivity index (χ2v) is 4.73. The molecule has 15 heavy (non-hydrogen) atoms. The molecule has 0 heterocycles. The van der Waals surface area contributed by atoms with Gasteiger partial charge in [0.15, 0.2) is 0 Å². The van der Waals surface area contributed by atoms with Crippen LogP contribution in [0, 0.1) is 11.8 Å². The standard InChI is InChI=1S/C13H16OS/c1-12(9-10-14)15-11-5-8-13-6-3-2-4-7-13/h2-4,6-7,12,14H,9-11H2,1H3. The predicted molar refractivity (Wildman–Crippen MR) is 66.9 cm³/mol. The van der Waals surface area contributed by atoms with E-state index in [2.05, 4.69) is 18.8 Å². The zero-order valence-electron chi connectivity index (χ0n) is 8.94. The SMILES string of the molecule is CC(CCO)SCC#Cc1ccccc1. The van der Waals surface area contributed by atoms with Gasteiger partial charge >= 0.3 is 0 Å². The van der Waals surface area contributed by atoms with Crippen LogP contribution in [0.2, 0.25) is 0 Å². The van der Waals surface area contributed by atoms with Crippen molar-refractivity contribution >= 4 is 11.8 Å². The van der Waals surface area contributed by atoms with Gasteiger partial charge in [-0.25, -0.2) is 0 Å². The molecule has 0 bridgehead atoms. The lowest BCUT2D eigenvalue weighted by Crippen LogP contribution is -1.99. The van der Waals surface area contributed by atoms with E-state index in [0.717, 1.165) is 17.7 Å². The average molecular weight is 220 g/mol. The Morgan fingerprint density at radius 1 is 1.33 bits per heavy atom. The van der Waals surface area contributed by atoms with Crippen LogP contribution in [-0.2, 0) is 0 Å². The molecule has 1 unspecified atom stereocenters. The number of rotatable bonds is 4. The van der Waals surface area contributed by atoms with Gasteiger partial charge in [0, 0.05) is 17.4 Å². The average Bonchev–Trinajstić information content (AvgIpc) is 2.26. The van der Waals surface area contributed by atoms with E-state index in [-0.39, 0.29) is 6.61 Å². The van der Waals surface area contributed by atoms with Gasteiger partial charge in [-0.15, -0.1) is 11.8 Å². The van der Waals surface area contributed by atoms with Gasteiger partial charge in [-0.1, -0.05) is 37.0 Å². The van der Waals surface area contributed by atoms with E-state index >= 15 is 0 Å². The Kier molecular flexibility index (Phi) is 5.99. The van der Waals surface area contributed by atoms with Crippen molar-refractivity contribution in [2.75, 3.05) is 12.4 Å². The molecule has 0 amide bonds. The number of hydrogen-bond acceptors (Lipinski definition) is 2. The van der Waals surface area contributed by atoms with E-state index in [0.29, 0.717) is 5.25 Å². The van der Waals surface area contributed by atoms with Gasteiger partial charge in [-0.2, -0.15) is 0 Å². The molecule has 0 spiro atoms. The number of aliphatic hydroxyl groups excluding tert-OH is 1. The van der Waals surface area contributed by atoms with Crippen LogP contribution in [0.25, 0.3) is 0 Å². The van der Waals surface area contributed by atoms with Gasteiger partial charge in [-0.05, 0) is 18.6 Å². The summed E-state index contributed by atoms with van der Waals surface area (Å²) in [5.41, 5.74) is 1.06. The largest absolute Gasteiger partial charge is 0.396 e. The summed E-state index contributed by atoms with van der Waals surface area (Å²) in [6.45, 7) is 2.38. The summed E-state index contributed by atoms with van der Waals surface area (Å²) >= 11 is 1.79. The number of hydrogen-bond donors (Lipinski definition) is 1. The lowest BCUT2D eigenvalue weighted by atomic mass is 10.2. The lowest BCUT2D eigenvalue weighted by molar-refractivity contribution is 0.289. The fourth-order valence-electron chi connectivity index (χ4n) is 1.11. The third-order valence-electron chi connectivity index (χ3n) is 1.98. The molecule has 0 aromatic heterocycles. The third-order valence-corrected chi connectivity index (χ3v) is 3.10. The normalized spacial score (nSPS) is 11.6. The van der Waals surface area contributed by atoms with Gasteiger partial charge in [0.2, 0.25) is 0 Å². The summed E-state index contributed by atoms with van der Waals surface area (Å²) in [4.78, 5) is 0. The van der Waals surface area contributed by atoms with Crippen molar-refractivity contribution in [1.82, 2.24) is 0 Å². The van der Waals surface area contributed by atoms with E-state index in [1.54, 1.807) is 11.8 Å². The van der Waals surface area contributed by atoms with Crippen molar-refractivity contribution in [2.45, 2.75) is 18.6 Å². The van der Waals surface area contributed by atoms with Crippen molar-refractivity contribution in [3.8, 4) is 11.8 Å². The quantitative estimate of drug-likeness (QED) is 0.787. The molecule has 0 aliphatic rings. The zero-order chi connectivity index (χ0) is 10.9. The van der Waals surface area contributed by atoms with E-state index in [1.807, 2.05) is 30.3 Å². The maximum atomic E-state index is 8.72. The summed E-state index contributed by atoms with van der Waals surface area (Å²) in [5, 5.41) is 9.21. The highest BCUT2D eigenvalue weighted by molar-refractivity contribution is 8.00. The summed E-state index contributed by atoms with van der Waals surface area (Å²) in [6.07, 6.45) is 0.845. The molecule has 80 valence electrons. The number of thioether (sulfide) groups is 1. The molecule has 1 aromatic carbocycles. The second-order valence-electron chi connectivity index (χ2n) is 3.30. The molecule has 0 saturated heterocycles. The minimum Gasteiger partial charge on any atom is -0.396 e. The lowest BCUT2D eigenvalue weighted by Gasteiger charge is -2.04. The Hall–Kier alpha value is -0.910. The van der Waals surface area contributed by atoms with Crippen LogP contribution >= 0.6 is 11.8 Å². The Morgan fingerprint density at radius 2 is 2.07 bits per heavy atom. The van der Waals surface area contributed by atoms with Crippen molar-refractivity contribution in [3.05, 3.63) is 35.9 Å². The highest BCUT2D eigenvalue weighted by atomic mass is 32.2. The molecule has 0 aliphatic carbocycles. The van der Waals surface area contributed by atoms with E-state index in [9.17, 15) is 0 Å². The Labute approximate surface area is 95.9 Å². The monoisotopic (exact) mass is 220 g/mol. The van der Waals surface area contributed by atoms with Gasteiger partial charge in [0.1, 0.15) is 0 Å². The van der Waals surface area contributed by atoms with Crippen molar-refractivity contribution < 1.29 is 5.11 Å². The molecule has 1 atom stereocenters. The van der Waals surface area contributed by atoms with Crippen molar-refractivity contribution in [1.29, 1.82) is 0 Å². The predicted octanol–water partition coefficient (Wildman–Crippen LogP) is 2.54. The smallest absolute Gasteiger partial charge is 0.0553 e. The van der Waals surface area contributed by atoms with Crippen LogP contribution in [-0.4, -0.2) is 22.7 Å². The molecule has 1 N–H and O–H groups in total. The van der Waals surface area contributed by atoms with E-state index < -0.39 is 0 Å². The fraction of sp³-hybridized carbons (Fsp3) is 0.385. The minimum absolute atomic E-state index is 0.264. The summed E-state index contributed by atoms with van der Waals surface area (Å²) in [6, 6.07) is 9.99. The third kappa shape index (κ3) is 5.51. The van der Waals surface area contributed by atoms with Crippen LogP contribution in [0.5, 0.6) is 0 Å². The number of aliphatic hydroxyl groups is 1. The summed E-state index contributed by atoms with van der Waals surface area (Å²) in [5.74, 6) is 7.06. The van der Waals surface area contributed by atoms with Crippen LogP contribution in [0.15, 0.2) is 30.3 Å². The molecular weight excluding hydrogens is 204 g/mol. The van der Waals surface area contributed by atoms with Crippen LogP contribution < -0.4 is 0 Å². The number of benzene rings is 1. The van der Waals surface area contributed by atoms with E-state index in [4.69, 9.17) is 5.11 Å². The Bertz CT molecular complexity index is 323. The van der Waals surface area contributed by atoms with E-state index in [1.165, 1.54) is 0 Å².